The summed E-state index contributed by atoms with van der Waals surface area (Å²) >= 11 is 0. The average Bonchev–Trinajstić information content (AvgIpc) is 3.33. The van der Waals surface area contributed by atoms with Crippen molar-refractivity contribution in [2.45, 2.75) is 25.3 Å². The lowest BCUT2D eigenvalue weighted by Crippen LogP contribution is -2.39. The van der Waals surface area contributed by atoms with Crippen molar-refractivity contribution in [1.82, 2.24) is 34.6 Å². The van der Waals surface area contributed by atoms with Crippen LogP contribution in [0.4, 0.5) is 0 Å². The fourth-order valence-corrected chi connectivity index (χ4v) is 3.64. The largest absolute Gasteiger partial charge is 0.355 e. The van der Waals surface area contributed by atoms with Crippen LogP contribution in [0.15, 0.2) is 30.9 Å². The molecule has 27 heavy (non-hydrogen) atoms. The molecule has 0 radical (unpaired) electrons. The maximum atomic E-state index is 13.1. The van der Waals surface area contributed by atoms with Crippen molar-refractivity contribution in [3.63, 3.8) is 0 Å². The van der Waals surface area contributed by atoms with E-state index >= 15 is 0 Å². The highest BCUT2D eigenvalue weighted by atomic mass is 16.2. The summed E-state index contributed by atoms with van der Waals surface area (Å²) in [4.78, 5) is 31.3. The summed E-state index contributed by atoms with van der Waals surface area (Å²) in [6.07, 6.45) is 9.32. The maximum Gasteiger partial charge on any atom is 0.257 e. The normalized spacial score (nSPS) is 17.3. The van der Waals surface area contributed by atoms with E-state index in [0.29, 0.717) is 23.3 Å². The van der Waals surface area contributed by atoms with Crippen LogP contribution in [-0.2, 0) is 7.05 Å². The number of aromatic nitrogens is 5. The summed E-state index contributed by atoms with van der Waals surface area (Å²) in [5.74, 6) is -0.280. The predicted octanol–water partition coefficient (Wildman–Crippen LogP) is 1.19. The van der Waals surface area contributed by atoms with Gasteiger partial charge in [0.15, 0.2) is 5.65 Å². The highest BCUT2D eigenvalue weighted by molar-refractivity contribution is 5.99. The molecule has 1 atom stereocenters. The van der Waals surface area contributed by atoms with E-state index in [9.17, 15) is 9.59 Å². The van der Waals surface area contributed by atoms with Crippen molar-refractivity contribution in [2.75, 3.05) is 13.6 Å². The van der Waals surface area contributed by atoms with Gasteiger partial charge in [-0.15, -0.1) is 0 Å². The Hall–Kier alpha value is -3.23. The number of piperidine rings is 1. The van der Waals surface area contributed by atoms with Gasteiger partial charge in [-0.25, -0.2) is 9.50 Å². The first kappa shape index (κ1) is 17.2. The van der Waals surface area contributed by atoms with Crippen molar-refractivity contribution in [2.24, 2.45) is 7.05 Å². The first-order valence-corrected chi connectivity index (χ1v) is 8.94. The molecule has 1 unspecified atom stereocenters. The lowest BCUT2D eigenvalue weighted by molar-refractivity contribution is 0.0603. The Labute approximate surface area is 156 Å². The Morgan fingerprint density at radius 1 is 1.22 bits per heavy atom. The number of nitrogens with one attached hydrogen (secondary N) is 1. The molecule has 2 amide bonds. The van der Waals surface area contributed by atoms with Gasteiger partial charge in [-0.2, -0.15) is 10.2 Å². The van der Waals surface area contributed by atoms with E-state index in [2.05, 4.69) is 20.5 Å². The fourth-order valence-electron chi connectivity index (χ4n) is 3.64. The third kappa shape index (κ3) is 2.94. The minimum atomic E-state index is -0.235. The van der Waals surface area contributed by atoms with Crippen LogP contribution in [0, 0.1) is 0 Å². The molecule has 0 spiro atoms. The van der Waals surface area contributed by atoms with Gasteiger partial charge in [-0.3, -0.25) is 14.3 Å². The van der Waals surface area contributed by atoms with E-state index in [1.807, 2.05) is 11.0 Å². The highest BCUT2D eigenvalue weighted by Gasteiger charge is 2.31. The molecule has 0 bridgehead atoms. The summed E-state index contributed by atoms with van der Waals surface area (Å²) in [5.41, 5.74) is 2.33. The zero-order valence-electron chi connectivity index (χ0n) is 15.3. The Morgan fingerprint density at radius 2 is 2.07 bits per heavy atom. The molecular formula is C18H21N7O2. The van der Waals surface area contributed by atoms with Crippen molar-refractivity contribution in [3.8, 4) is 0 Å². The summed E-state index contributed by atoms with van der Waals surface area (Å²) < 4.78 is 3.30. The van der Waals surface area contributed by atoms with Crippen LogP contribution in [0.1, 0.15) is 51.7 Å². The third-order valence-corrected chi connectivity index (χ3v) is 4.96. The molecule has 4 heterocycles. The second-order valence-corrected chi connectivity index (χ2v) is 6.66. The Kier molecular flexibility index (Phi) is 4.35. The van der Waals surface area contributed by atoms with E-state index in [1.54, 1.807) is 41.9 Å². The number of hydrogen-bond donors (Lipinski definition) is 1. The molecular weight excluding hydrogens is 346 g/mol. The molecule has 3 aromatic heterocycles. The minimum Gasteiger partial charge on any atom is -0.355 e. The number of likely N-dealkylation sites (tertiary alicyclic amines) is 1. The van der Waals surface area contributed by atoms with Gasteiger partial charge >= 0.3 is 0 Å². The van der Waals surface area contributed by atoms with Crippen LogP contribution in [0.25, 0.3) is 5.65 Å². The Balaban J connectivity index is 1.75. The Bertz CT molecular complexity index is 1010. The number of fused-ring (bicyclic) bond motifs is 1. The first-order valence-electron chi connectivity index (χ1n) is 8.94. The van der Waals surface area contributed by atoms with Gasteiger partial charge in [0.2, 0.25) is 0 Å². The van der Waals surface area contributed by atoms with Crippen LogP contribution in [0.5, 0.6) is 0 Å². The first-order chi connectivity index (χ1) is 13.1. The summed E-state index contributed by atoms with van der Waals surface area (Å²) in [6, 6.07) is 1.74. The molecule has 3 aromatic rings. The average molecular weight is 367 g/mol. The minimum absolute atomic E-state index is 0.0450. The van der Waals surface area contributed by atoms with Crippen LogP contribution in [0.3, 0.4) is 0 Å². The van der Waals surface area contributed by atoms with Crippen molar-refractivity contribution >= 4 is 17.5 Å². The van der Waals surface area contributed by atoms with Crippen LogP contribution >= 0.6 is 0 Å². The molecule has 0 aliphatic carbocycles. The zero-order chi connectivity index (χ0) is 19.0. The number of rotatable bonds is 3. The summed E-state index contributed by atoms with van der Waals surface area (Å²) in [6.45, 7) is 0.672. The molecule has 1 aliphatic heterocycles. The van der Waals surface area contributed by atoms with Crippen molar-refractivity contribution in [1.29, 1.82) is 0 Å². The second kappa shape index (κ2) is 6.82. The van der Waals surface area contributed by atoms with Gasteiger partial charge in [0.1, 0.15) is 5.56 Å². The van der Waals surface area contributed by atoms with E-state index in [0.717, 1.165) is 25.0 Å². The number of aryl methyl sites for hydroxylation is 1. The van der Waals surface area contributed by atoms with Gasteiger partial charge in [0.25, 0.3) is 11.8 Å². The van der Waals surface area contributed by atoms with Crippen molar-refractivity contribution in [3.05, 3.63) is 47.7 Å². The van der Waals surface area contributed by atoms with E-state index in [-0.39, 0.29) is 17.9 Å². The summed E-state index contributed by atoms with van der Waals surface area (Å²) in [7, 11) is 3.37. The van der Waals surface area contributed by atoms with Gasteiger partial charge in [-0.1, -0.05) is 0 Å². The Morgan fingerprint density at radius 3 is 2.81 bits per heavy atom. The molecule has 140 valence electrons. The maximum absolute atomic E-state index is 13.1. The molecule has 9 nitrogen and oxygen atoms in total. The zero-order valence-corrected chi connectivity index (χ0v) is 15.3. The lowest BCUT2D eigenvalue weighted by Gasteiger charge is -2.35. The molecule has 1 aliphatic rings. The third-order valence-electron chi connectivity index (χ3n) is 4.96. The highest BCUT2D eigenvalue weighted by Crippen LogP contribution is 2.32. The second-order valence-electron chi connectivity index (χ2n) is 6.66. The monoisotopic (exact) mass is 367 g/mol. The number of carbonyl (C=O) groups is 2. The number of nitrogens with zero attached hydrogens (tertiary/aromatic N) is 6. The van der Waals surface area contributed by atoms with Crippen LogP contribution in [0.2, 0.25) is 0 Å². The molecule has 1 fully saturated rings. The van der Waals surface area contributed by atoms with Crippen LogP contribution < -0.4 is 5.32 Å². The van der Waals surface area contributed by atoms with Gasteiger partial charge in [-0.05, 0) is 25.3 Å². The molecule has 1 N–H and O–H groups in total. The smallest absolute Gasteiger partial charge is 0.257 e. The molecule has 0 aromatic carbocycles. The fraction of sp³-hybridized carbons (Fsp3) is 0.389. The van der Waals surface area contributed by atoms with Gasteiger partial charge in [0.05, 0.1) is 29.7 Å². The van der Waals surface area contributed by atoms with E-state index in [1.165, 1.54) is 6.20 Å². The number of amides is 2. The van der Waals surface area contributed by atoms with Gasteiger partial charge in [0, 0.05) is 33.0 Å². The molecule has 9 heteroatoms. The van der Waals surface area contributed by atoms with Gasteiger partial charge < -0.3 is 10.2 Å². The SMILES string of the molecule is CNC(=O)c1cnn2c(C3CCCCN3C(=O)c3cnn(C)c3)ccnc12. The molecule has 0 saturated carbocycles. The molecule has 1 saturated heterocycles. The predicted molar refractivity (Wildman–Crippen MR) is 97.2 cm³/mol. The van der Waals surface area contributed by atoms with Crippen LogP contribution in [-0.4, -0.2) is 54.7 Å². The topological polar surface area (TPSA) is 97.4 Å². The standard InChI is InChI=1S/C18H21N7O2/c1-19-17(26)13-10-22-25-15(6-7-20-16(13)25)14-5-3-4-8-24(14)18(27)12-9-21-23(2)11-12/h6-7,9-11,14H,3-5,8H2,1-2H3,(H,19,26). The molecule has 4 rings (SSSR count). The van der Waals surface area contributed by atoms with E-state index in [4.69, 9.17) is 0 Å². The number of carbonyl (C=O) groups excluding carboxylic acids is 2. The summed E-state index contributed by atoms with van der Waals surface area (Å²) in [5, 5.41) is 11.1. The number of hydrogen-bond acceptors (Lipinski definition) is 5. The van der Waals surface area contributed by atoms with E-state index < -0.39 is 0 Å². The quantitative estimate of drug-likeness (QED) is 0.750. The lowest BCUT2D eigenvalue weighted by atomic mass is 9.98. The van der Waals surface area contributed by atoms with Crippen molar-refractivity contribution < 1.29 is 9.59 Å².